The highest BCUT2D eigenvalue weighted by Gasteiger charge is 2.23. The van der Waals surface area contributed by atoms with Gasteiger partial charge in [-0.25, -0.2) is 4.98 Å². The Kier molecular flexibility index (Phi) is 4.04. The van der Waals surface area contributed by atoms with Crippen LogP contribution >= 0.6 is 11.3 Å². The molecule has 2 aromatic rings. The largest absolute Gasteiger partial charge is 0.341 e. The summed E-state index contributed by atoms with van der Waals surface area (Å²) in [5.74, 6) is 1.14. The van der Waals surface area contributed by atoms with E-state index in [1.807, 2.05) is 36.9 Å². The second-order valence-electron chi connectivity index (χ2n) is 5.00. The fourth-order valence-corrected chi connectivity index (χ4v) is 2.75. The number of hydrogen-bond acceptors (Lipinski definition) is 3. The van der Waals surface area contributed by atoms with Gasteiger partial charge in [0, 0.05) is 24.3 Å². The zero-order valence-corrected chi connectivity index (χ0v) is 12.5. The lowest BCUT2D eigenvalue weighted by Gasteiger charge is -2.21. The number of nitrogens with zero attached hydrogens (tertiary/aromatic N) is 2. The highest BCUT2D eigenvalue weighted by Crippen LogP contribution is 2.22. The third-order valence-electron chi connectivity index (χ3n) is 3.05. The highest BCUT2D eigenvalue weighted by molar-refractivity contribution is 7.13. The van der Waals surface area contributed by atoms with Gasteiger partial charge in [-0.05, 0) is 25.0 Å². The average molecular weight is 277 g/mol. The molecule has 2 rings (SSSR count). The van der Waals surface area contributed by atoms with E-state index in [2.05, 4.69) is 24.1 Å². The summed E-state index contributed by atoms with van der Waals surface area (Å²) in [5.41, 5.74) is 0. The molecule has 19 heavy (non-hydrogen) atoms. The Hall–Kier alpha value is -1.62. The minimum Gasteiger partial charge on any atom is -0.341 e. The molecule has 5 heteroatoms. The summed E-state index contributed by atoms with van der Waals surface area (Å²) in [6, 6.07) is 3.76. The molecule has 0 bridgehead atoms. The molecule has 4 nitrogen and oxygen atoms in total. The van der Waals surface area contributed by atoms with Gasteiger partial charge in [0.15, 0.2) is 0 Å². The first-order valence-corrected chi connectivity index (χ1v) is 7.15. The average Bonchev–Trinajstić information content (AvgIpc) is 2.94. The molecule has 2 aromatic heterocycles. The summed E-state index contributed by atoms with van der Waals surface area (Å²) in [6.45, 7) is 6.17. The van der Waals surface area contributed by atoms with E-state index in [1.54, 1.807) is 6.20 Å². The van der Waals surface area contributed by atoms with Crippen molar-refractivity contribution >= 4 is 17.2 Å². The van der Waals surface area contributed by atoms with Crippen LogP contribution in [0.4, 0.5) is 0 Å². The molecule has 0 aliphatic carbocycles. The Bertz CT molecular complexity index is 571. The molecular weight excluding hydrogens is 258 g/mol. The van der Waals surface area contributed by atoms with Crippen molar-refractivity contribution in [3.63, 3.8) is 0 Å². The summed E-state index contributed by atoms with van der Waals surface area (Å²) in [7, 11) is 1.94. The fourth-order valence-electron chi connectivity index (χ4n) is 1.98. The number of carbonyl (C=O) groups excluding carboxylic acids is 1. The summed E-state index contributed by atoms with van der Waals surface area (Å²) < 4.78 is 1.95. The van der Waals surface area contributed by atoms with Gasteiger partial charge in [0.05, 0.1) is 10.9 Å². The van der Waals surface area contributed by atoms with Gasteiger partial charge in [-0.3, -0.25) is 4.79 Å². The maximum absolute atomic E-state index is 12.2. The number of carbonyl (C=O) groups is 1. The third-order valence-corrected chi connectivity index (χ3v) is 4.05. The summed E-state index contributed by atoms with van der Waals surface area (Å²) in [4.78, 5) is 18.5. The van der Waals surface area contributed by atoms with Crippen molar-refractivity contribution in [1.29, 1.82) is 0 Å². The molecule has 1 amide bonds. The Morgan fingerprint density at radius 3 is 2.63 bits per heavy atom. The molecule has 0 aromatic carbocycles. The van der Waals surface area contributed by atoms with Crippen LogP contribution < -0.4 is 5.32 Å². The van der Waals surface area contributed by atoms with Gasteiger partial charge in [-0.15, -0.1) is 11.3 Å². The molecule has 1 N–H and O–H groups in total. The fraction of sp³-hybridized carbons (Fsp3) is 0.429. The molecule has 0 aliphatic rings. The maximum Gasteiger partial charge on any atom is 0.261 e. The molecule has 0 unspecified atom stereocenters. The van der Waals surface area contributed by atoms with E-state index in [1.165, 1.54) is 11.3 Å². The van der Waals surface area contributed by atoms with Crippen molar-refractivity contribution in [3.8, 4) is 0 Å². The lowest BCUT2D eigenvalue weighted by atomic mass is 10.0. The molecule has 0 saturated heterocycles. The smallest absolute Gasteiger partial charge is 0.261 e. The molecule has 0 fully saturated rings. The molecule has 0 aliphatic heterocycles. The summed E-state index contributed by atoms with van der Waals surface area (Å²) in [6.07, 6.45) is 3.65. The van der Waals surface area contributed by atoms with Gasteiger partial charge in [0.25, 0.3) is 5.91 Å². The van der Waals surface area contributed by atoms with Crippen LogP contribution in [0, 0.1) is 12.8 Å². The van der Waals surface area contributed by atoms with Crippen molar-refractivity contribution in [2.75, 3.05) is 0 Å². The van der Waals surface area contributed by atoms with Crippen LogP contribution in [-0.4, -0.2) is 15.5 Å². The van der Waals surface area contributed by atoms with Crippen LogP contribution in [0.1, 0.15) is 40.3 Å². The predicted molar refractivity (Wildman–Crippen MR) is 77.3 cm³/mol. The standard InChI is InChI=1S/C14H19N3OS/c1-9(2)12(13-15-7-8-17(13)4)16-14(18)11-6-5-10(3)19-11/h5-9,12H,1-4H3,(H,16,18)/t12-/m1/s1. The Morgan fingerprint density at radius 1 is 1.42 bits per heavy atom. The van der Waals surface area contributed by atoms with Gasteiger partial charge < -0.3 is 9.88 Å². The Morgan fingerprint density at radius 2 is 2.16 bits per heavy atom. The molecule has 0 saturated carbocycles. The van der Waals surface area contributed by atoms with Gasteiger partial charge in [-0.2, -0.15) is 0 Å². The van der Waals surface area contributed by atoms with Crippen molar-refractivity contribution < 1.29 is 4.79 Å². The minimum atomic E-state index is -0.0742. The normalized spacial score (nSPS) is 12.7. The first-order chi connectivity index (χ1) is 8.99. The van der Waals surface area contributed by atoms with Crippen LogP contribution in [0.15, 0.2) is 24.5 Å². The van der Waals surface area contributed by atoms with Gasteiger partial charge in [0.1, 0.15) is 5.82 Å². The number of thiophene rings is 1. The molecule has 1 atom stereocenters. The van der Waals surface area contributed by atoms with Gasteiger partial charge >= 0.3 is 0 Å². The van der Waals surface area contributed by atoms with Crippen LogP contribution in [0.3, 0.4) is 0 Å². The van der Waals surface area contributed by atoms with Crippen molar-refractivity contribution in [3.05, 3.63) is 40.1 Å². The number of amides is 1. The van der Waals surface area contributed by atoms with Crippen LogP contribution in [-0.2, 0) is 7.05 Å². The first-order valence-electron chi connectivity index (χ1n) is 6.33. The number of aromatic nitrogens is 2. The highest BCUT2D eigenvalue weighted by atomic mass is 32.1. The topological polar surface area (TPSA) is 46.9 Å². The minimum absolute atomic E-state index is 0.0280. The summed E-state index contributed by atoms with van der Waals surface area (Å²) >= 11 is 1.51. The van der Waals surface area contributed by atoms with Crippen LogP contribution in [0.25, 0.3) is 0 Å². The van der Waals surface area contributed by atoms with Gasteiger partial charge in [-0.1, -0.05) is 13.8 Å². The second-order valence-corrected chi connectivity index (χ2v) is 6.29. The van der Waals surface area contributed by atoms with Crippen molar-refractivity contribution in [2.45, 2.75) is 26.8 Å². The van der Waals surface area contributed by atoms with E-state index in [-0.39, 0.29) is 17.9 Å². The quantitative estimate of drug-likeness (QED) is 0.934. The molecule has 102 valence electrons. The first kappa shape index (κ1) is 13.8. The lowest BCUT2D eigenvalue weighted by molar-refractivity contribution is 0.0926. The number of aryl methyl sites for hydroxylation is 2. The molecular formula is C14H19N3OS. The number of hydrogen-bond donors (Lipinski definition) is 1. The van der Waals surface area contributed by atoms with Crippen molar-refractivity contribution in [1.82, 2.24) is 14.9 Å². The van der Waals surface area contributed by atoms with E-state index >= 15 is 0 Å². The number of rotatable bonds is 4. The number of nitrogens with one attached hydrogen (secondary N) is 1. The van der Waals surface area contributed by atoms with E-state index < -0.39 is 0 Å². The predicted octanol–water partition coefficient (Wildman–Crippen LogP) is 2.92. The Labute approximate surface area is 117 Å². The zero-order valence-electron chi connectivity index (χ0n) is 11.7. The van der Waals surface area contributed by atoms with Gasteiger partial charge in [0.2, 0.25) is 0 Å². The lowest BCUT2D eigenvalue weighted by Crippen LogP contribution is -2.33. The molecule has 0 spiro atoms. The molecule has 2 heterocycles. The monoisotopic (exact) mass is 277 g/mol. The third kappa shape index (κ3) is 3.04. The van der Waals surface area contributed by atoms with E-state index in [0.717, 1.165) is 15.6 Å². The second kappa shape index (κ2) is 5.57. The van der Waals surface area contributed by atoms with E-state index in [0.29, 0.717) is 0 Å². The SMILES string of the molecule is Cc1ccc(C(=O)N[C@@H](c2nccn2C)C(C)C)s1. The van der Waals surface area contributed by atoms with Crippen LogP contribution in [0.5, 0.6) is 0 Å². The molecule has 0 radical (unpaired) electrons. The summed E-state index contributed by atoms with van der Waals surface area (Å²) in [5, 5.41) is 3.08. The zero-order chi connectivity index (χ0) is 14.0. The van der Waals surface area contributed by atoms with Crippen LogP contribution in [0.2, 0.25) is 0 Å². The Balaban J connectivity index is 2.18. The van der Waals surface area contributed by atoms with Crippen molar-refractivity contribution in [2.24, 2.45) is 13.0 Å². The van der Waals surface area contributed by atoms with E-state index in [4.69, 9.17) is 0 Å². The number of imidazole rings is 1. The van der Waals surface area contributed by atoms with E-state index in [9.17, 15) is 4.79 Å². The maximum atomic E-state index is 12.2.